The summed E-state index contributed by atoms with van der Waals surface area (Å²) in [6, 6.07) is 0.169. The first-order valence-corrected chi connectivity index (χ1v) is 5.22. The van der Waals surface area contributed by atoms with Gasteiger partial charge in [0.05, 0.1) is 7.11 Å². The van der Waals surface area contributed by atoms with Gasteiger partial charge in [-0.25, -0.2) is 9.48 Å². The molecule has 90 valence electrons. The lowest BCUT2D eigenvalue weighted by Crippen LogP contribution is -2.14. The predicted molar refractivity (Wildman–Crippen MR) is 62.4 cm³/mol. The van der Waals surface area contributed by atoms with Crippen LogP contribution in [0.25, 0.3) is 0 Å². The van der Waals surface area contributed by atoms with Crippen molar-refractivity contribution in [2.75, 3.05) is 18.2 Å². The molecule has 0 radical (unpaired) electrons. The Morgan fingerprint density at radius 3 is 2.69 bits per heavy atom. The van der Waals surface area contributed by atoms with Crippen molar-refractivity contribution < 1.29 is 9.53 Å². The maximum absolute atomic E-state index is 11.6. The number of carbonyl (C=O) groups is 1. The van der Waals surface area contributed by atoms with Crippen LogP contribution in [0.5, 0.6) is 0 Å². The predicted octanol–water partition coefficient (Wildman–Crippen LogP) is 1.09. The van der Waals surface area contributed by atoms with Crippen molar-refractivity contribution in [3.05, 3.63) is 5.56 Å². The van der Waals surface area contributed by atoms with Crippen molar-refractivity contribution >= 4 is 17.6 Å². The summed E-state index contributed by atoms with van der Waals surface area (Å²) in [7, 11) is 1.32. The van der Waals surface area contributed by atoms with Gasteiger partial charge in [-0.05, 0) is 20.8 Å². The number of nitrogens with two attached hydrogens (primary N) is 1. The maximum atomic E-state index is 11.6. The molecular weight excluding hydrogens is 208 g/mol. The molecule has 0 atom stereocenters. The lowest BCUT2D eigenvalue weighted by molar-refractivity contribution is 0.0603. The number of aromatic nitrogens is 2. The first kappa shape index (κ1) is 12.4. The Labute approximate surface area is 94.8 Å². The Kier molecular flexibility index (Phi) is 3.76. The molecule has 3 N–H and O–H groups in total. The number of nitrogens with one attached hydrogen (secondary N) is 1. The van der Waals surface area contributed by atoms with Crippen LogP contribution < -0.4 is 11.1 Å². The third-order valence-electron chi connectivity index (χ3n) is 2.11. The Morgan fingerprint density at radius 1 is 1.62 bits per heavy atom. The molecule has 6 nitrogen and oxygen atoms in total. The van der Waals surface area contributed by atoms with E-state index in [1.807, 2.05) is 20.8 Å². The molecule has 0 aliphatic rings. The van der Waals surface area contributed by atoms with Crippen molar-refractivity contribution in [3.63, 3.8) is 0 Å². The molecule has 0 bridgehead atoms. The number of nitrogens with zero attached hydrogens (tertiary/aromatic N) is 2. The molecule has 16 heavy (non-hydrogen) atoms. The molecule has 0 aliphatic heterocycles. The molecule has 0 aromatic carbocycles. The number of rotatable bonds is 4. The molecule has 0 fully saturated rings. The van der Waals surface area contributed by atoms with Crippen LogP contribution in [0.2, 0.25) is 0 Å². The fourth-order valence-corrected chi connectivity index (χ4v) is 1.39. The lowest BCUT2D eigenvalue weighted by Gasteiger charge is -2.07. The Morgan fingerprint density at radius 2 is 2.25 bits per heavy atom. The van der Waals surface area contributed by atoms with Crippen LogP contribution in [-0.2, 0) is 11.3 Å². The van der Waals surface area contributed by atoms with Crippen molar-refractivity contribution in [1.29, 1.82) is 0 Å². The molecule has 0 unspecified atom stereocenters. The van der Waals surface area contributed by atoms with Crippen LogP contribution in [0, 0.1) is 0 Å². The quantitative estimate of drug-likeness (QED) is 0.751. The van der Waals surface area contributed by atoms with E-state index in [-0.39, 0.29) is 6.04 Å². The number of anilines is 2. The molecule has 6 heteroatoms. The third kappa shape index (κ3) is 2.26. The van der Waals surface area contributed by atoms with Gasteiger partial charge < -0.3 is 15.8 Å². The van der Waals surface area contributed by atoms with Crippen LogP contribution in [0.15, 0.2) is 0 Å². The summed E-state index contributed by atoms with van der Waals surface area (Å²) < 4.78 is 6.25. The molecule has 0 saturated heterocycles. The highest BCUT2D eigenvalue weighted by atomic mass is 16.5. The monoisotopic (exact) mass is 226 g/mol. The second kappa shape index (κ2) is 4.87. The highest BCUT2D eigenvalue weighted by molar-refractivity contribution is 5.99. The van der Waals surface area contributed by atoms with Gasteiger partial charge in [-0.3, -0.25) is 0 Å². The lowest BCUT2D eigenvalue weighted by atomic mass is 10.3. The van der Waals surface area contributed by atoms with E-state index in [4.69, 9.17) is 5.73 Å². The minimum atomic E-state index is -0.472. The van der Waals surface area contributed by atoms with Crippen LogP contribution in [0.4, 0.5) is 11.6 Å². The highest BCUT2D eigenvalue weighted by Gasteiger charge is 2.22. The van der Waals surface area contributed by atoms with Gasteiger partial charge in [-0.15, -0.1) is 0 Å². The summed E-state index contributed by atoms with van der Waals surface area (Å²) >= 11 is 0. The van der Waals surface area contributed by atoms with E-state index in [2.05, 4.69) is 15.2 Å². The van der Waals surface area contributed by atoms with E-state index >= 15 is 0 Å². The van der Waals surface area contributed by atoms with Crippen molar-refractivity contribution in [3.8, 4) is 0 Å². The Balaban J connectivity index is 3.19. The second-order valence-corrected chi connectivity index (χ2v) is 3.72. The molecule has 1 aromatic rings. The standard InChI is InChI=1S/C10H18N4O2/c1-5-14-8(11)7(10(15)16-4)9(13-14)12-6(2)3/h6H,5,11H2,1-4H3,(H,12,13). The molecule has 0 aliphatic carbocycles. The summed E-state index contributed by atoms with van der Waals surface area (Å²) in [4.78, 5) is 11.6. The first-order chi connectivity index (χ1) is 7.51. The number of nitrogen functional groups attached to an aromatic ring is 1. The number of aryl methyl sites for hydroxylation is 1. The van der Waals surface area contributed by atoms with E-state index in [9.17, 15) is 4.79 Å². The van der Waals surface area contributed by atoms with Gasteiger partial charge in [0.2, 0.25) is 0 Å². The van der Waals surface area contributed by atoms with Crippen LogP contribution in [0.3, 0.4) is 0 Å². The van der Waals surface area contributed by atoms with E-state index < -0.39 is 5.97 Å². The van der Waals surface area contributed by atoms with Crippen LogP contribution in [0.1, 0.15) is 31.1 Å². The average Bonchev–Trinajstić information content (AvgIpc) is 2.53. The zero-order valence-corrected chi connectivity index (χ0v) is 10.1. The van der Waals surface area contributed by atoms with Gasteiger partial charge in [0.15, 0.2) is 5.82 Å². The van der Waals surface area contributed by atoms with Crippen LogP contribution >= 0.6 is 0 Å². The fraction of sp³-hybridized carbons (Fsp3) is 0.600. The van der Waals surface area contributed by atoms with E-state index in [0.29, 0.717) is 23.7 Å². The molecule has 1 rings (SSSR count). The number of hydrogen-bond donors (Lipinski definition) is 2. The van der Waals surface area contributed by atoms with Gasteiger partial charge in [0.1, 0.15) is 11.4 Å². The number of ether oxygens (including phenoxy) is 1. The first-order valence-electron chi connectivity index (χ1n) is 5.22. The number of hydrogen-bond acceptors (Lipinski definition) is 5. The highest BCUT2D eigenvalue weighted by Crippen LogP contribution is 2.23. The Hall–Kier alpha value is -1.72. The van der Waals surface area contributed by atoms with Crippen molar-refractivity contribution in [2.24, 2.45) is 0 Å². The molecule has 0 amide bonds. The maximum Gasteiger partial charge on any atom is 0.345 e. The number of carbonyl (C=O) groups excluding carboxylic acids is 1. The molecule has 1 aromatic heterocycles. The van der Waals surface area contributed by atoms with Gasteiger partial charge >= 0.3 is 5.97 Å². The average molecular weight is 226 g/mol. The van der Waals surface area contributed by atoms with Crippen molar-refractivity contribution in [2.45, 2.75) is 33.4 Å². The molecule has 1 heterocycles. The summed E-state index contributed by atoms with van der Waals surface area (Å²) in [5.74, 6) is 0.332. The van der Waals surface area contributed by atoms with Gasteiger partial charge in [-0.2, -0.15) is 5.10 Å². The summed E-state index contributed by atoms with van der Waals surface area (Å²) in [5.41, 5.74) is 6.13. The van der Waals surface area contributed by atoms with Crippen LogP contribution in [-0.4, -0.2) is 28.9 Å². The third-order valence-corrected chi connectivity index (χ3v) is 2.11. The van der Waals surface area contributed by atoms with Gasteiger partial charge in [0, 0.05) is 12.6 Å². The smallest absolute Gasteiger partial charge is 0.345 e. The zero-order chi connectivity index (χ0) is 12.3. The molecular formula is C10H18N4O2. The molecule has 0 saturated carbocycles. The summed E-state index contributed by atoms with van der Waals surface area (Å²) in [5, 5.41) is 7.29. The largest absolute Gasteiger partial charge is 0.465 e. The molecule has 0 spiro atoms. The van der Waals surface area contributed by atoms with E-state index in [1.54, 1.807) is 4.68 Å². The normalized spacial score (nSPS) is 10.6. The minimum Gasteiger partial charge on any atom is -0.465 e. The number of esters is 1. The second-order valence-electron chi connectivity index (χ2n) is 3.72. The van der Waals surface area contributed by atoms with Crippen molar-refractivity contribution in [1.82, 2.24) is 9.78 Å². The van der Waals surface area contributed by atoms with E-state index in [1.165, 1.54) is 7.11 Å². The topological polar surface area (TPSA) is 82.2 Å². The van der Waals surface area contributed by atoms with Gasteiger partial charge in [0.25, 0.3) is 0 Å². The van der Waals surface area contributed by atoms with Gasteiger partial charge in [-0.1, -0.05) is 0 Å². The summed E-state index contributed by atoms with van der Waals surface area (Å²) in [6.45, 7) is 6.43. The minimum absolute atomic E-state index is 0.169. The SMILES string of the molecule is CCn1nc(NC(C)C)c(C(=O)OC)c1N. The van der Waals surface area contributed by atoms with E-state index in [0.717, 1.165) is 0 Å². The Bertz CT molecular complexity index is 384. The summed E-state index contributed by atoms with van der Waals surface area (Å²) in [6.07, 6.45) is 0. The zero-order valence-electron chi connectivity index (χ0n) is 10.1. The fourth-order valence-electron chi connectivity index (χ4n) is 1.39. The number of methoxy groups -OCH3 is 1.